The Hall–Kier alpha value is -2.38. The van der Waals surface area contributed by atoms with Crippen molar-refractivity contribution in [3.8, 4) is 5.75 Å². The normalized spacial score (nSPS) is 11.5. The number of ether oxygens (including phenoxy) is 1. The van der Waals surface area contributed by atoms with Gasteiger partial charge in [0.2, 0.25) is 10.0 Å². The van der Waals surface area contributed by atoms with Gasteiger partial charge in [-0.1, -0.05) is 43.7 Å². The average molecular weight is 405 g/mol. The van der Waals surface area contributed by atoms with E-state index in [9.17, 15) is 13.2 Å². The van der Waals surface area contributed by atoms with E-state index in [1.54, 1.807) is 19.9 Å². The zero-order valence-corrected chi connectivity index (χ0v) is 17.7. The summed E-state index contributed by atoms with van der Waals surface area (Å²) in [7, 11) is -2.33. The van der Waals surface area contributed by atoms with Crippen LogP contribution in [0.5, 0.6) is 5.75 Å². The summed E-state index contributed by atoms with van der Waals surface area (Å²) >= 11 is 0. The zero-order chi connectivity index (χ0) is 20.7. The lowest BCUT2D eigenvalue weighted by Crippen LogP contribution is -2.31. The quantitative estimate of drug-likeness (QED) is 0.697. The van der Waals surface area contributed by atoms with Gasteiger partial charge >= 0.3 is 0 Å². The van der Waals surface area contributed by atoms with Gasteiger partial charge in [-0.25, -0.2) is 8.42 Å². The van der Waals surface area contributed by atoms with Crippen molar-refractivity contribution >= 4 is 15.9 Å². The number of hydrogen-bond donors (Lipinski definition) is 1. The number of nitrogens with one attached hydrogen (secondary N) is 1. The van der Waals surface area contributed by atoms with Crippen LogP contribution in [-0.4, -0.2) is 45.4 Å². The fraction of sp³-hybridized carbons (Fsp3) is 0.381. The average Bonchev–Trinajstić information content (AvgIpc) is 2.68. The molecule has 0 heterocycles. The second kappa shape index (κ2) is 9.71. The van der Waals surface area contributed by atoms with Gasteiger partial charge < -0.3 is 10.1 Å². The van der Waals surface area contributed by atoms with E-state index in [-0.39, 0.29) is 22.1 Å². The third-order valence-corrected chi connectivity index (χ3v) is 6.60. The highest BCUT2D eigenvalue weighted by atomic mass is 32.2. The summed E-state index contributed by atoms with van der Waals surface area (Å²) in [5.41, 5.74) is 2.60. The topological polar surface area (TPSA) is 75.7 Å². The molecule has 6 nitrogen and oxygen atoms in total. The highest BCUT2D eigenvalue weighted by molar-refractivity contribution is 7.89. The molecule has 2 rings (SSSR count). The van der Waals surface area contributed by atoms with E-state index in [0.29, 0.717) is 26.1 Å². The smallest absolute Gasteiger partial charge is 0.251 e. The van der Waals surface area contributed by atoms with Gasteiger partial charge in [0, 0.05) is 25.2 Å². The van der Waals surface area contributed by atoms with Crippen molar-refractivity contribution in [2.24, 2.45) is 0 Å². The maximum absolute atomic E-state index is 12.9. The third kappa shape index (κ3) is 5.11. The van der Waals surface area contributed by atoms with Crippen molar-refractivity contribution in [2.75, 3.05) is 26.7 Å². The predicted octanol–water partition coefficient (Wildman–Crippen LogP) is 3.01. The maximum atomic E-state index is 12.9. The molecule has 0 saturated carbocycles. The van der Waals surface area contributed by atoms with E-state index in [2.05, 4.69) is 11.4 Å². The molecule has 152 valence electrons. The van der Waals surface area contributed by atoms with Gasteiger partial charge in [-0.2, -0.15) is 4.31 Å². The largest absolute Gasteiger partial charge is 0.495 e. The minimum atomic E-state index is -3.74. The number of nitrogens with zero attached hydrogens (tertiary/aromatic N) is 1. The molecule has 0 aliphatic rings. The van der Waals surface area contributed by atoms with E-state index < -0.39 is 10.0 Å². The zero-order valence-electron chi connectivity index (χ0n) is 16.9. The number of carbonyl (C=O) groups is 1. The van der Waals surface area contributed by atoms with Gasteiger partial charge in [-0.15, -0.1) is 0 Å². The van der Waals surface area contributed by atoms with Crippen LogP contribution in [0.4, 0.5) is 0 Å². The minimum absolute atomic E-state index is 0.00466. The summed E-state index contributed by atoms with van der Waals surface area (Å²) in [6.07, 6.45) is 0.703. The lowest BCUT2D eigenvalue weighted by Gasteiger charge is -2.20. The minimum Gasteiger partial charge on any atom is -0.495 e. The number of methoxy groups -OCH3 is 1. The molecule has 1 N–H and O–H groups in total. The third-order valence-electron chi connectivity index (χ3n) is 4.53. The molecule has 0 atom stereocenters. The van der Waals surface area contributed by atoms with E-state index in [4.69, 9.17) is 4.74 Å². The predicted molar refractivity (Wildman–Crippen MR) is 110 cm³/mol. The molecule has 0 radical (unpaired) electrons. The van der Waals surface area contributed by atoms with Crippen molar-refractivity contribution in [1.29, 1.82) is 0 Å². The lowest BCUT2D eigenvalue weighted by atomic mass is 10.1. The molecule has 0 aliphatic carbocycles. The molecule has 2 aromatic carbocycles. The van der Waals surface area contributed by atoms with Crippen molar-refractivity contribution in [2.45, 2.75) is 32.1 Å². The SMILES string of the molecule is CCN(CC)S(=O)(=O)c1cc(C(=O)NCCc2cccc(C)c2)ccc1OC. The van der Waals surface area contributed by atoms with Crippen LogP contribution >= 0.6 is 0 Å². The molecule has 2 aromatic rings. The second-order valence-corrected chi connectivity index (χ2v) is 8.36. The molecule has 0 saturated heterocycles. The number of amides is 1. The van der Waals surface area contributed by atoms with E-state index in [1.165, 1.54) is 29.1 Å². The number of sulfonamides is 1. The Balaban J connectivity index is 2.18. The van der Waals surface area contributed by atoms with Gasteiger partial charge in [-0.05, 0) is 37.1 Å². The molecular weight excluding hydrogens is 376 g/mol. The Morgan fingerprint density at radius 2 is 1.82 bits per heavy atom. The molecule has 0 unspecified atom stereocenters. The van der Waals surface area contributed by atoms with Gasteiger partial charge in [0.15, 0.2) is 0 Å². The van der Waals surface area contributed by atoms with E-state index >= 15 is 0 Å². The summed E-state index contributed by atoms with van der Waals surface area (Å²) in [6.45, 7) is 6.72. The van der Waals surface area contributed by atoms with Crippen LogP contribution < -0.4 is 10.1 Å². The van der Waals surface area contributed by atoms with Gasteiger partial charge in [0.1, 0.15) is 10.6 Å². The maximum Gasteiger partial charge on any atom is 0.251 e. The van der Waals surface area contributed by atoms with Crippen LogP contribution in [0.1, 0.15) is 35.3 Å². The van der Waals surface area contributed by atoms with Crippen LogP contribution in [0.2, 0.25) is 0 Å². The summed E-state index contributed by atoms with van der Waals surface area (Å²) in [5, 5.41) is 2.85. The second-order valence-electron chi connectivity index (χ2n) is 6.45. The first-order valence-electron chi connectivity index (χ1n) is 9.35. The Morgan fingerprint density at radius 3 is 2.43 bits per heavy atom. The Labute approximate surface area is 167 Å². The number of hydrogen-bond acceptors (Lipinski definition) is 4. The lowest BCUT2D eigenvalue weighted by molar-refractivity contribution is 0.0954. The molecule has 0 aliphatic heterocycles. The van der Waals surface area contributed by atoms with Gasteiger partial charge in [0.25, 0.3) is 5.91 Å². The van der Waals surface area contributed by atoms with Crippen LogP contribution in [0.15, 0.2) is 47.4 Å². The summed E-state index contributed by atoms with van der Waals surface area (Å²) in [4.78, 5) is 12.5. The van der Waals surface area contributed by atoms with Crippen LogP contribution in [-0.2, 0) is 16.4 Å². The monoisotopic (exact) mass is 404 g/mol. The number of aryl methyl sites for hydroxylation is 1. The Kier molecular flexibility index (Phi) is 7.60. The molecule has 7 heteroatoms. The van der Waals surface area contributed by atoms with E-state index in [0.717, 1.165) is 5.56 Å². The number of carbonyl (C=O) groups excluding carboxylic acids is 1. The van der Waals surface area contributed by atoms with Gasteiger partial charge in [0.05, 0.1) is 7.11 Å². The first-order chi connectivity index (χ1) is 13.3. The van der Waals surface area contributed by atoms with Crippen molar-refractivity contribution in [3.63, 3.8) is 0 Å². The first-order valence-corrected chi connectivity index (χ1v) is 10.8. The molecule has 0 bridgehead atoms. The summed E-state index contributed by atoms with van der Waals surface area (Å²) < 4.78 is 32.3. The first kappa shape index (κ1) is 21.9. The van der Waals surface area contributed by atoms with Crippen molar-refractivity contribution in [1.82, 2.24) is 9.62 Å². The number of rotatable bonds is 9. The number of benzene rings is 2. The highest BCUT2D eigenvalue weighted by Gasteiger charge is 2.26. The summed E-state index contributed by atoms with van der Waals surface area (Å²) in [5.74, 6) is -0.0884. The Bertz CT molecular complexity index is 922. The highest BCUT2D eigenvalue weighted by Crippen LogP contribution is 2.27. The molecular formula is C21H28N2O4S. The van der Waals surface area contributed by atoms with Crippen molar-refractivity contribution < 1.29 is 17.9 Å². The fourth-order valence-corrected chi connectivity index (χ4v) is 4.65. The molecule has 0 fully saturated rings. The van der Waals surface area contributed by atoms with Gasteiger partial charge in [-0.3, -0.25) is 4.79 Å². The summed E-state index contributed by atoms with van der Waals surface area (Å²) in [6, 6.07) is 12.6. The van der Waals surface area contributed by atoms with Crippen molar-refractivity contribution in [3.05, 3.63) is 59.2 Å². The molecule has 0 spiro atoms. The Morgan fingerprint density at radius 1 is 1.11 bits per heavy atom. The van der Waals surface area contributed by atoms with Crippen LogP contribution in [0.3, 0.4) is 0 Å². The van der Waals surface area contributed by atoms with Crippen LogP contribution in [0.25, 0.3) is 0 Å². The van der Waals surface area contributed by atoms with E-state index in [1.807, 2.05) is 25.1 Å². The van der Waals surface area contributed by atoms with Crippen LogP contribution in [0, 0.1) is 6.92 Å². The fourth-order valence-electron chi connectivity index (χ4n) is 3.01. The molecule has 0 aromatic heterocycles. The molecule has 28 heavy (non-hydrogen) atoms. The standard InChI is InChI=1S/C21H28N2O4S/c1-5-23(6-2)28(25,26)20-15-18(10-11-19(20)27-4)21(24)22-13-12-17-9-7-8-16(3)14-17/h7-11,14-15H,5-6,12-13H2,1-4H3,(H,22,24). The molecule has 1 amide bonds.